The molecule has 9 rings (SSSR count). The molecular formula is C47H44N14O11S4. The van der Waals surface area contributed by atoms with Crippen molar-refractivity contribution >= 4 is 80.2 Å². The number of oxazole rings is 5. The van der Waals surface area contributed by atoms with Gasteiger partial charge < -0.3 is 38.0 Å². The van der Waals surface area contributed by atoms with E-state index < -0.39 is 5.91 Å². The van der Waals surface area contributed by atoms with Crippen LogP contribution in [0.2, 0.25) is 0 Å². The number of hydrogen-bond acceptors (Lipinski definition) is 28. The number of aryl methyl sites for hydroxylation is 2. The molecule has 9 aromatic heterocycles. The number of nitrogens with zero attached hydrogens (tertiary/aromatic N) is 9. The summed E-state index contributed by atoms with van der Waals surface area (Å²) in [5.41, 5.74) is 8.00. The largest absolute Gasteiger partial charge is 0.448 e. The zero-order valence-electron chi connectivity index (χ0n) is 40.3. The van der Waals surface area contributed by atoms with Crippen LogP contribution in [0.4, 0.5) is 0 Å². The third-order valence-electron chi connectivity index (χ3n) is 10.7. The summed E-state index contributed by atoms with van der Waals surface area (Å²) >= 11 is 5.33. The lowest BCUT2D eigenvalue weighted by Gasteiger charge is -2.02. The SMILES string of the molecule is CNCc1nc(-c2nc(C(=O)CNCc3nc(C(=O)CCCc4nc(-c5nc(C(=O)NNCc6nc(-c7nc(C(=O)CNCc8nc(C(=O)CCCc9nc(C(C)=O)co9)co8)co7)cs6)co5)cs4)cs3)cs2)co1. The highest BCUT2D eigenvalue weighted by Crippen LogP contribution is 2.26. The summed E-state index contributed by atoms with van der Waals surface area (Å²) in [6.07, 6.45) is 8.87. The number of ketones is 5. The first-order valence-electron chi connectivity index (χ1n) is 23.2. The molecule has 0 radical (unpaired) electrons. The predicted molar refractivity (Wildman–Crippen MR) is 272 cm³/mol. The van der Waals surface area contributed by atoms with Crippen LogP contribution >= 0.6 is 45.3 Å². The number of rotatable bonds is 30. The fraction of sp³-hybridized carbons (Fsp3) is 0.298. The number of aromatic nitrogens is 9. The molecule has 0 aromatic carbocycles. The Kier molecular flexibility index (Phi) is 17.6. The minimum Gasteiger partial charge on any atom is -0.448 e. The summed E-state index contributed by atoms with van der Waals surface area (Å²) in [5.74, 6) is -0.184. The van der Waals surface area contributed by atoms with Crippen LogP contribution in [0.3, 0.4) is 0 Å². The minimum absolute atomic E-state index is 0.0214. The second kappa shape index (κ2) is 25.2. The Morgan fingerprint density at radius 2 is 1.04 bits per heavy atom. The highest BCUT2D eigenvalue weighted by Gasteiger charge is 2.21. The van der Waals surface area contributed by atoms with E-state index in [1.807, 2.05) is 0 Å². The summed E-state index contributed by atoms with van der Waals surface area (Å²) in [6, 6.07) is 0. The third kappa shape index (κ3) is 13.9. The van der Waals surface area contributed by atoms with Gasteiger partial charge in [-0.15, -0.1) is 45.3 Å². The molecule has 0 fully saturated rings. The standard InChI is InChI=1S/C47H44N14O11S4/c1-24(62)25-15-68-38(52-25)7-3-5-34(63)26-16-69-40(53-26)12-49-9-36(65)27-17-71-45(58-27)33-23-75-43(57-33)14-51-61-44(67)28-18-72-46(59-28)32-22-73-41(56-32)8-4-6-35(64)30-20-74-42(55-30)13-50-10-37(66)31-21-76-47(60-31)29-19-70-39(54-29)11-48-2/h15-23,48-51H,3-14H2,1-2H3,(H,61,67). The number of carbonyl (C=O) groups is 6. The molecule has 0 unspecified atom stereocenters. The van der Waals surface area contributed by atoms with Crippen molar-refractivity contribution < 1.29 is 50.9 Å². The molecule has 0 aliphatic carbocycles. The Balaban J connectivity index is 0.642. The number of carbonyl (C=O) groups excluding carboxylic acids is 6. The van der Waals surface area contributed by atoms with Gasteiger partial charge in [0.05, 0.1) is 37.7 Å². The second-order valence-electron chi connectivity index (χ2n) is 16.4. The normalized spacial score (nSPS) is 11.4. The molecule has 0 spiro atoms. The highest BCUT2D eigenvalue weighted by molar-refractivity contribution is 7.13. The summed E-state index contributed by atoms with van der Waals surface area (Å²) in [6.45, 7) is 2.37. The molecule has 29 heteroatoms. The Hall–Kier alpha value is -7.77. The van der Waals surface area contributed by atoms with Gasteiger partial charge in [-0.05, 0) is 26.3 Å². The van der Waals surface area contributed by atoms with Crippen molar-refractivity contribution in [2.45, 2.75) is 71.6 Å². The van der Waals surface area contributed by atoms with Crippen LogP contribution in [0, 0.1) is 0 Å². The Morgan fingerprint density at radius 3 is 1.82 bits per heavy atom. The number of hydrazine groups is 1. The van der Waals surface area contributed by atoms with E-state index in [2.05, 4.69) is 71.7 Å². The topological polar surface area (TPSA) is 344 Å². The average molecular weight is 1110 g/mol. The van der Waals surface area contributed by atoms with E-state index in [1.165, 1.54) is 83.6 Å². The lowest BCUT2D eigenvalue weighted by Crippen LogP contribution is -2.36. The smallest absolute Gasteiger partial charge is 0.287 e. The highest BCUT2D eigenvalue weighted by atomic mass is 32.1. The number of amides is 1. The number of Topliss-reactive ketones (excluding diaryl/α,β-unsaturated/α-hetero) is 5. The average Bonchev–Trinajstić information content (AvgIpc) is 4.26. The molecule has 1 amide bonds. The number of nitrogens with one attached hydrogen (secondary N) is 5. The summed E-state index contributed by atoms with van der Waals surface area (Å²) in [4.78, 5) is 115. The first-order valence-corrected chi connectivity index (χ1v) is 26.7. The Morgan fingerprint density at radius 1 is 0.474 bits per heavy atom. The molecule has 0 saturated heterocycles. The van der Waals surface area contributed by atoms with Gasteiger partial charge >= 0.3 is 0 Å². The summed E-state index contributed by atoms with van der Waals surface area (Å²) in [5, 5.41) is 18.5. The van der Waals surface area contributed by atoms with Gasteiger partial charge in [0, 0.05) is 54.3 Å². The van der Waals surface area contributed by atoms with Crippen molar-refractivity contribution in [3.63, 3.8) is 0 Å². The van der Waals surface area contributed by atoms with Gasteiger partial charge in [0.15, 0.2) is 40.5 Å². The van der Waals surface area contributed by atoms with Gasteiger partial charge in [0.2, 0.25) is 23.6 Å². The maximum atomic E-state index is 12.9. The van der Waals surface area contributed by atoms with Gasteiger partial charge in [-0.2, -0.15) is 0 Å². The quantitative estimate of drug-likeness (QED) is 0.0248. The van der Waals surface area contributed by atoms with Crippen molar-refractivity contribution in [1.82, 2.24) is 71.7 Å². The molecular weight excluding hydrogens is 1060 g/mol. The van der Waals surface area contributed by atoms with Crippen molar-refractivity contribution in [1.29, 1.82) is 0 Å². The van der Waals surface area contributed by atoms with E-state index in [9.17, 15) is 28.8 Å². The number of thiazole rings is 4. The van der Waals surface area contributed by atoms with E-state index in [4.69, 9.17) is 22.1 Å². The zero-order valence-corrected chi connectivity index (χ0v) is 43.6. The molecule has 0 atom stereocenters. The molecule has 392 valence electrons. The van der Waals surface area contributed by atoms with Crippen molar-refractivity contribution in [2.24, 2.45) is 0 Å². The first kappa shape index (κ1) is 53.1. The van der Waals surface area contributed by atoms with Gasteiger partial charge in [-0.1, -0.05) is 0 Å². The van der Waals surface area contributed by atoms with E-state index >= 15 is 0 Å². The molecule has 9 aromatic rings. The monoisotopic (exact) mass is 1110 g/mol. The van der Waals surface area contributed by atoms with Crippen LogP contribution in [0.15, 0.2) is 74.9 Å². The lowest BCUT2D eigenvalue weighted by molar-refractivity contribution is 0.0923. The van der Waals surface area contributed by atoms with Gasteiger partial charge in [-0.25, -0.2) is 50.3 Å². The van der Waals surface area contributed by atoms with Crippen LogP contribution in [0.5, 0.6) is 0 Å². The van der Waals surface area contributed by atoms with Crippen molar-refractivity contribution in [3.05, 3.63) is 120 Å². The molecule has 0 aliphatic rings. The molecule has 0 aliphatic heterocycles. The van der Waals surface area contributed by atoms with Crippen molar-refractivity contribution in [2.75, 3.05) is 20.1 Å². The van der Waals surface area contributed by atoms with Crippen molar-refractivity contribution in [3.8, 4) is 33.9 Å². The van der Waals surface area contributed by atoms with Crippen LogP contribution in [0.1, 0.15) is 128 Å². The maximum absolute atomic E-state index is 12.9. The van der Waals surface area contributed by atoms with Crippen LogP contribution in [-0.4, -0.2) is 99.8 Å². The predicted octanol–water partition coefficient (Wildman–Crippen LogP) is 6.17. The van der Waals surface area contributed by atoms with E-state index in [0.29, 0.717) is 94.0 Å². The van der Waals surface area contributed by atoms with Crippen LogP contribution in [-0.2, 0) is 39.0 Å². The van der Waals surface area contributed by atoms with Gasteiger partial charge in [-0.3, -0.25) is 34.2 Å². The Bertz CT molecular complexity index is 3480. The zero-order chi connectivity index (χ0) is 53.0. The molecule has 9 heterocycles. The summed E-state index contributed by atoms with van der Waals surface area (Å²) < 4.78 is 27.1. The van der Waals surface area contributed by atoms with Crippen LogP contribution < -0.4 is 26.8 Å². The maximum Gasteiger partial charge on any atom is 0.287 e. The molecule has 5 N–H and O–H groups in total. The van der Waals surface area contributed by atoms with E-state index in [1.54, 1.807) is 28.6 Å². The second-order valence-corrected chi connectivity index (χ2v) is 20.1. The van der Waals surface area contributed by atoms with Gasteiger partial charge in [0.25, 0.3) is 5.91 Å². The fourth-order valence-corrected chi connectivity index (χ4v) is 9.95. The van der Waals surface area contributed by atoms with E-state index in [0.717, 1.165) is 5.01 Å². The lowest BCUT2D eigenvalue weighted by atomic mass is 10.1. The first-order chi connectivity index (χ1) is 36.9. The van der Waals surface area contributed by atoms with Crippen LogP contribution in [0.25, 0.3) is 33.9 Å². The fourth-order valence-electron chi connectivity index (χ4n) is 6.89. The number of hydrogen-bond donors (Lipinski definition) is 5. The minimum atomic E-state index is -0.550. The molecule has 0 saturated carbocycles. The third-order valence-corrected chi connectivity index (χ3v) is 14.2. The summed E-state index contributed by atoms with van der Waals surface area (Å²) in [7, 11) is 1.79. The van der Waals surface area contributed by atoms with Gasteiger partial charge in [0.1, 0.15) is 91.9 Å². The van der Waals surface area contributed by atoms with E-state index in [-0.39, 0.29) is 108 Å². The molecule has 25 nitrogen and oxygen atoms in total. The Labute approximate surface area is 445 Å². The molecule has 76 heavy (non-hydrogen) atoms. The molecule has 0 bridgehead atoms.